The van der Waals surface area contributed by atoms with Crippen LogP contribution >= 0.6 is 0 Å². The molecular weight excluding hydrogens is 316 g/mol. The highest BCUT2D eigenvalue weighted by molar-refractivity contribution is 5.92. The number of amides is 3. The van der Waals surface area contributed by atoms with Gasteiger partial charge in [0.2, 0.25) is 17.7 Å². The molecule has 134 valence electrons. The summed E-state index contributed by atoms with van der Waals surface area (Å²) in [5, 5.41) is 14.7. The van der Waals surface area contributed by atoms with Gasteiger partial charge in [0.05, 0.1) is 6.04 Å². The Kier molecular flexibility index (Phi) is 6.13. The summed E-state index contributed by atoms with van der Waals surface area (Å²) in [6, 6.07) is -2.11. The Labute approximate surface area is 139 Å². The minimum absolute atomic E-state index is 0.0682. The molecule has 0 aromatic rings. The van der Waals surface area contributed by atoms with E-state index in [1.807, 2.05) is 0 Å². The Morgan fingerprint density at radius 3 is 2.58 bits per heavy atom. The van der Waals surface area contributed by atoms with Gasteiger partial charge in [-0.05, 0) is 38.6 Å². The maximum absolute atomic E-state index is 12.5. The fourth-order valence-electron chi connectivity index (χ4n) is 3.21. The number of likely N-dealkylation sites (tertiary alicyclic amines) is 1. The van der Waals surface area contributed by atoms with Crippen LogP contribution < -0.4 is 16.4 Å². The van der Waals surface area contributed by atoms with Crippen LogP contribution in [0.2, 0.25) is 0 Å². The molecule has 2 aliphatic heterocycles. The van der Waals surface area contributed by atoms with Gasteiger partial charge >= 0.3 is 5.97 Å². The third kappa shape index (κ3) is 4.44. The molecule has 2 heterocycles. The third-order valence-corrected chi connectivity index (χ3v) is 4.49. The Hall–Kier alpha value is -2.16. The van der Waals surface area contributed by atoms with Gasteiger partial charge in [0.15, 0.2) is 0 Å². The second-order valence-electron chi connectivity index (χ2n) is 6.24. The Balaban J connectivity index is 1.97. The van der Waals surface area contributed by atoms with Crippen LogP contribution in [0.5, 0.6) is 0 Å². The molecule has 2 fully saturated rings. The van der Waals surface area contributed by atoms with E-state index in [4.69, 9.17) is 10.8 Å². The highest BCUT2D eigenvalue weighted by Gasteiger charge is 2.38. The van der Waals surface area contributed by atoms with Crippen molar-refractivity contribution in [1.29, 1.82) is 0 Å². The summed E-state index contributed by atoms with van der Waals surface area (Å²) in [4.78, 5) is 48.5. The van der Waals surface area contributed by atoms with E-state index in [-0.39, 0.29) is 24.8 Å². The molecule has 9 nitrogen and oxygen atoms in total. The topological polar surface area (TPSA) is 142 Å². The molecule has 0 radical (unpaired) electrons. The molecule has 0 saturated carbocycles. The van der Waals surface area contributed by atoms with Gasteiger partial charge in [-0.15, -0.1) is 0 Å². The largest absolute Gasteiger partial charge is 0.480 e. The normalized spacial score (nSPS) is 24.6. The molecule has 0 aliphatic carbocycles. The van der Waals surface area contributed by atoms with E-state index in [0.717, 1.165) is 19.4 Å². The highest BCUT2D eigenvalue weighted by atomic mass is 16.4. The van der Waals surface area contributed by atoms with Crippen molar-refractivity contribution in [2.24, 2.45) is 5.73 Å². The number of carboxylic acid groups (broad SMARTS) is 1. The molecule has 24 heavy (non-hydrogen) atoms. The van der Waals surface area contributed by atoms with Crippen molar-refractivity contribution in [3.63, 3.8) is 0 Å². The van der Waals surface area contributed by atoms with E-state index in [1.165, 1.54) is 4.90 Å². The number of nitrogens with zero attached hydrogens (tertiary/aromatic N) is 1. The van der Waals surface area contributed by atoms with Crippen LogP contribution in [0.15, 0.2) is 0 Å². The van der Waals surface area contributed by atoms with Crippen LogP contribution in [0.25, 0.3) is 0 Å². The quantitative estimate of drug-likeness (QED) is 0.447. The molecular formula is C15H24N4O5. The van der Waals surface area contributed by atoms with E-state index < -0.39 is 29.9 Å². The van der Waals surface area contributed by atoms with Crippen LogP contribution in [-0.4, -0.2) is 64.9 Å². The van der Waals surface area contributed by atoms with Gasteiger partial charge in [-0.25, -0.2) is 4.79 Å². The molecule has 0 aromatic carbocycles. The minimum Gasteiger partial charge on any atom is -0.480 e. The molecule has 2 aliphatic rings. The van der Waals surface area contributed by atoms with Crippen LogP contribution in [0.3, 0.4) is 0 Å². The third-order valence-electron chi connectivity index (χ3n) is 4.49. The first-order valence-electron chi connectivity index (χ1n) is 8.25. The summed E-state index contributed by atoms with van der Waals surface area (Å²) < 4.78 is 0. The van der Waals surface area contributed by atoms with Crippen molar-refractivity contribution in [3.8, 4) is 0 Å². The number of carbonyl (C=O) groups excluding carboxylic acids is 3. The number of hydrogen-bond acceptors (Lipinski definition) is 5. The number of nitrogens with two attached hydrogens (primary N) is 1. The van der Waals surface area contributed by atoms with Crippen molar-refractivity contribution in [3.05, 3.63) is 0 Å². The van der Waals surface area contributed by atoms with Gasteiger partial charge in [-0.1, -0.05) is 0 Å². The number of rotatable bonds is 7. The summed E-state index contributed by atoms with van der Waals surface area (Å²) in [6.07, 6.45) is 2.69. The van der Waals surface area contributed by atoms with Crippen LogP contribution in [0.4, 0.5) is 0 Å². The smallest absolute Gasteiger partial charge is 0.326 e. The van der Waals surface area contributed by atoms with Gasteiger partial charge in [0.25, 0.3) is 0 Å². The molecule has 3 unspecified atom stereocenters. The zero-order valence-corrected chi connectivity index (χ0v) is 13.5. The van der Waals surface area contributed by atoms with Gasteiger partial charge in [-0.2, -0.15) is 0 Å². The summed E-state index contributed by atoms with van der Waals surface area (Å²) >= 11 is 0. The second-order valence-corrected chi connectivity index (χ2v) is 6.24. The van der Waals surface area contributed by atoms with E-state index in [1.54, 1.807) is 0 Å². The van der Waals surface area contributed by atoms with Crippen molar-refractivity contribution < 1.29 is 24.3 Å². The average molecular weight is 340 g/mol. The Morgan fingerprint density at radius 2 is 2.00 bits per heavy atom. The minimum atomic E-state index is -1.22. The standard InChI is InChI=1S/C15H24N4O5/c16-12(20)6-5-10(15(23)24)18-13(21)11-4-2-8-19(11)14(22)9-3-1-7-17-9/h9-11,17H,1-8H2,(H2,16,20)(H,18,21)(H,23,24). The molecule has 2 rings (SSSR count). The van der Waals surface area contributed by atoms with Crippen LogP contribution in [-0.2, 0) is 19.2 Å². The molecule has 5 N–H and O–H groups in total. The lowest BCUT2D eigenvalue weighted by Gasteiger charge is -2.27. The zero-order chi connectivity index (χ0) is 17.7. The van der Waals surface area contributed by atoms with E-state index >= 15 is 0 Å². The number of primary amides is 1. The van der Waals surface area contributed by atoms with Crippen LogP contribution in [0.1, 0.15) is 38.5 Å². The van der Waals surface area contributed by atoms with E-state index in [2.05, 4.69) is 10.6 Å². The van der Waals surface area contributed by atoms with Crippen molar-refractivity contribution in [1.82, 2.24) is 15.5 Å². The lowest BCUT2D eigenvalue weighted by atomic mass is 10.1. The van der Waals surface area contributed by atoms with Crippen molar-refractivity contribution in [2.75, 3.05) is 13.1 Å². The second kappa shape index (κ2) is 8.09. The van der Waals surface area contributed by atoms with E-state index in [0.29, 0.717) is 19.4 Å². The SMILES string of the molecule is NC(=O)CCC(NC(=O)C1CCCN1C(=O)C1CCCN1)C(=O)O. The van der Waals surface area contributed by atoms with Crippen molar-refractivity contribution >= 4 is 23.7 Å². The van der Waals surface area contributed by atoms with Gasteiger partial charge in [-0.3, -0.25) is 14.4 Å². The van der Waals surface area contributed by atoms with Crippen molar-refractivity contribution in [2.45, 2.75) is 56.7 Å². The lowest BCUT2D eigenvalue weighted by Crippen LogP contribution is -2.53. The molecule has 3 amide bonds. The fraction of sp³-hybridized carbons (Fsp3) is 0.733. The number of hydrogen-bond donors (Lipinski definition) is 4. The molecule has 0 aromatic heterocycles. The first-order valence-corrected chi connectivity index (χ1v) is 8.25. The molecule has 3 atom stereocenters. The highest BCUT2D eigenvalue weighted by Crippen LogP contribution is 2.21. The Morgan fingerprint density at radius 1 is 1.25 bits per heavy atom. The summed E-state index contributed by atoms with van der Waals surface area (Å²) in [5.74, 6) is -2.44. The zero-order valence-electron chi connectivity index (χ0n) is 13.5. The monoisotopic (exact) mass is 340 g/mol. The van der Waals surface area contributed by atoms with E-state index in [9.17, 15) is 19.2 Å². The number of carbonyl (C=O) groups is 4. The number of nitrogens with one attached hydrogen (secondary N) is 2. The summed E-state index contributed by atoms with van der Waals surface area (Å²) in [6.45, 7) is 1.28. The predicted molar refractivity (Wildman–Crippen MR) is 83.8 cm³/mol. The Bertz CT molecular complexity index is 518. The molecule has 9 heteroatoms. The maximum Gasteiger partial charge on any atom is 0.326 e. The summed E-state index contributed by atoms with van der Waals surface area (Å²) in [5.41, 5.74) is 5.02. The van der Waals surface area contributed by atoms with Gasteiger partial charge in [0, 0.05) is 13.0 Å². The number of aliphatic carboxylic acids is 1. The fourth-order valence-corrected chi connectivity index (χ4v) is 3.21. The molecule has 0 spiro atoms. The van der Waals surface area contributed by atoms with Gasteiger partial charge in [0.1, 0.15) is 12.1 Å². The molecule has 2 saturated heterocycles. The predicted octanol–water partition coefficient (Wildman–Crippen LogP) is -1.44. The van der Waals surface area contributed by atoms with Gasteiger partial charge < -0.3 is 26.4 Å². The maximum atomic E-state index is 12.5. The lowest BCUT2D eigenvalue weighted by molar-refractivity contribution is -0.144. The van der Waals surface area contributed by atoms with Crippen LogP contribution in [0, 0.1) is 0 Å². The average Bonchev–Trinajstić information content (AvgIpc) is 3.20. The number of carboxylic acids is 1. The molecule has 0 bridgehead atoms. The first kappa shape index (κ1) is 18.2. The summed E-state index contributed by atoms with van der Waals surface area (Å²) in [7, 11) is 0. The first-order chi connectivity index (χ1) is 11.4.